The van der Waals surface area contributed by atoms with Crippen molar-refractivity contribution < 1.29 is 4.42 Å². The highest BCUT2D eigenvalue weighted by molar-refractivity contribution is 6.17. The number of furan rings is 1. The zero-order valence-electron chi connectivity index (χ0n) is 36.8. The third kappa shape index (κ3) is 6.76. The average Bonchev–Trinajstić information content (AvgIpc) is 3.95. The normalized spacial score (nSPS) is 11.5. The molecule has 0 atom stereocenters. The van der Waals surface area contributed by atoms with Crippen LogP contribution in [0.3, 0.4) is 0 Å². The first-order valence-corrected chi connectivity index (χ1v) is 22.9. The van der Waals surface area contributed by atoms with Crippen LogP contribution in [0.1, 0.15) is 0 Å². The van der Waals surface area contributed by atoms with Gasteiger partial charge in [0.05, 0.1) is 11.0 Å². The van der Waals surface area contributed by atoms with Crippen LogP contribution in [0.4, 0.5) is 0 Å². The van der Waals surface area contributed by atoms with E-state index in [1.807, 2.05) is 36.4 Å². The molecule has 0 fully saturated rings. The minimum absolute atomic E-state index is 0.583. The summed E-state index contributed by atoms with van der Waals surface area (Å²) in [5, 5.41) is 4.42. The van der Waals surface area contributed by atoms with Crippen LogP contribution in [0.5, 0.6) is 0 Å². The van der Waals surface area contributed by atoms with E-state index >= 15 is 0 Å². The van der Waals surface area contributed by atoms with Gasteiger partial charge in [-0.15, -0.1) is 0 Å². The first-order valence-electron chi connectivity index (χ1n) is 22.9. The number of hydrogen-bond donors (Lipinski definition) is 0. The lowest BCUT2D eigenvalue weighted by atomic mass is 9.85. The quantitative estimate of drug-likeness (QED) is 0.153. The topological polar surface area (TPSA) is 56.7 Å². The van der Waals surface area contributed by atoms with Crippen molar-refractivity contribution >= 4 is 43.7 Å². The number of para-hydroxylation sites is 2. The van der Waals surface area contributed by atoms with E-state index in [-0.39, 0.29) is 0 Å². The second kappa shape index (κ2) is 16.4. The summed E-state index contributed by atoms with van der Waals surface area (Å²) in [4.78, 5) is 15.8. The van der Waals surface area contributed by atoms with Gasteiger partial charge in [0.25, 0.3) is 0 Å². The number of fused-ring (bicyclic) bond motifs is 6. The summed E-state index contributed by atoms with van der Waals surface area (Å²) in [7, 11) is 0. The van der Waals surface area contributed by atoms with Crippen molar-refractivity contribution in [3.63, 3.8) is 0 Å². The van der Waals surface area contributed by atoms with Crippen LogP contribution in [-0.4, -0.2) is 19.5 Å². The number of nitrogens with zero attached hydrogens (tertiary/aromatic N) is 4. The summed E-state index contributed by atoms with van der Waals surface area (Å²) in [6, 6.07) is 85.3. The Labute approximate surface area is 392 Å². The fourth-order valence-corrected chi connectivity index (χ4v) is 9.91. The van der Waals surface area contributed by atoms with Crippen LogP contribution in [0.15, 0.2) is 247 Å². The number of benzene rings is 10. The summed E-state index contributed by atoms with van der Waals surface area (Å²) in [6.07, 6.45) is 0. The van der Waals surface area contributed by atoms with Gasteiger partial charge in [0.15, 0.2) is 17.5 Å². The van der Waals surface area contributed by atoms with E-state index in [0.717, 1.165) is 105 Å². The summed E-state index contributed by atoms with van der Waals surface area (Å²) in [5.74, 6) is 1.79. The zero-order valence-corrected chi connectivity index (χ0v) is 36.8. The third-order valence-electron chi connectivity index (χ3n) is 13.1. The molecule has 0 amide bonds. The molecule has 5 heteroatoms. The smallest absolute Gasteiger partial charge is 0.164 e. The second-order valence-corrected chi connectivity index (χ2v) is 17.1. The van der Waals surface area contributed by atoms with E-state index in [1.54, 1.807) is 0 Å². The van der Waals surface area contributed by atoms with Crippen molar-refractivity contribution in [1.29, 1.82) is 0 Å². The molecule has 3 heterocycles. The van der Waals surface area contributed by atoms with E-state index in [4.69, 9.17) is 19.4 Å². The van der Waals surface area contributed by atoms with Crippen LogP contribution in [0, 0.1) is 0 Å². The maximum atomic E-state index is 6.70. The van der Waals surface area contributed by atoms with Crippen LogP contribution < -0.4 is 0 Å². The predicted molar refractivity (Wildman–Crippen MR) is 279 cm³/mol. The molecule has 0 radical (unpaired) electrons. The Kier molecular flexibility index (Phi) is 9.43. The highest BCUT2D eigenvalue weighted by Gasteiger charge is 2.22. The Morgan fingerprint density at radius 3 is 1.44 bits per heavy atom. The summed E-state index contributed by atoms with van der Waals surface area (Å²) in [5.41, 5.74) is 16.5. The molecule has 0 bridgehead atoms. The molecule has 0 unspecified atom stereocenters. The molecule has 318 valence electrons. The molecule has 5 nitrogen and oxygen atoms in total. The molecular formula is C63H40N4O. The lowest BCUT2D eigenvalue weighted by Crippen LogP contribution is -2.01. The van der Waals surface area contributed by atoms with Crippen molar-refractivity contribution in [3.05, 3.63) is 243 Å². The molecule has 13 aromatic rings. The highest BCUT2D eigenvalue weighted by Crippen LogP contribution is 2.45. The fourth-order valence-electron chi connectivity index (χ4n) is 9.91. The molecule has 13 rings (SSSR count). The summed E-state index contributed by atoms with van der Waals surface area (Å²) in [6.45, 7) is 0. The maximum Gasteiger partial charge on any atom is 0.164 e. The van der Waals surface area contributed by atoms with Gasteiger partial charge in [-0.05, 0) is 93.0 Å². The molecule has 10 aromatic carbocycles. The highest BCUT2D eigenvalue weighted by atomic mass is 16.3. The molecular weight excluding hydrogens is 829 g/mol. The second-order valence-electron chi connectivity index (χ2n) is 17.1. The summed E-state index contributed by atoms with van der Waals surface area (Å²) >= 11 is 0. The van der Waals surface area contributed by atoms with Crippen LogP contribution in [0.25, 0.3) is 128 Å². The first-order chi connectivity index (χ1) is 33.7. The number of hydrogen-bond acceptors (Lipinski definition) is 4. The van der Waals surface area contributed by atoms with Gasteiger partial charge in [-0.3, -0.25) is 0 Å². The van der Waals surface area contributed by atoms with E-state index in [9.17, 15) is 0 Å². The van der Waals surface area contributed by atoms with Crippen molar-refractivity contribution in [2.24, 2.45) is 0 Å². The molecule has 68 heavy (non-hydrogen) atoms. The van der Waals surface area contributed by atoms with Crippen LogP contribution in [0.2, 0.25) is 0 Å². The van der Waals surface area contributed by atoms with Gasteiger partial charge >= 0.3 is 0 Å². The van der Waals surface area contributed by atoms with E-state index in [0.29, 0.717) is 17.5 Å². The number of aromatic nitrogens is 4. The molecule has 0 aliphatic rings. The Morgan fingerprint density at radius 2 is 0.809 bits per heavy atom. The molecule has 0 spiro atoms. The van der Waals surface area contributed by atoms with Crippen molar-refractivity contribution in [2.45, 2.75) is 0 Å². The van der Waals surface area contributed by atoms with Crippen LogP contribution >= 0.6 is 0 Å². The standard InChI is InChI=1S/C63H40N4O/c1-6-19-41(20-7-1)49-30-18-31-50(42-21-8-2-9-22-42)60(49)46-33-35-48(55(38-46)63-65-61(43-23-10-3-11-24-43)64-62(66-63)44-25-12-4-13-26-44)45-34-36-58-53(37-45)54-39-57-52(40-59(54)68-58)51-29-16-17-32-56(51)67(57)47-27-14-5-15-28-47/h1-40H. The SMILES string of the molecule is c1ccc(-c2nc(-c3ccccc3)nc(-c3cc(-c4c(-c5ccccc5)cccc4-c4ccccc4)ccc3-c3ccc4oc5cc6c7ccccc7n(-c7ccccc7)c6cc5c4c3)n2)cc1. The lowest BCUT2D eigenvalue weighted by Gasteiger charge is -2.19. The molecule has 0 saturated heterocycles. The fraction of sp³-hybridized carbons (Fsp3) is 0. The van der Waals surface area contributed by atoms with E-state index < -0.39 is 0 Å². The van der Waals surface area contributed by atoms with Gasteiger partial charge in [0.2, 0.25) is 0 Å². The van der Waals surface area contributed by atoms with Gasteiger partial charge < -0.3 is 8.98 Å². The monoisotopic (exact) mass is 868 g/mol. The Bertz CT molecular complexity index is 3880. The average molecular weight is 869 g/mol. The molecule has 0 aliphatic heterocycles. The maximum absolute atomic E-state index is 6.70. The molecule has 0 N–H and O–H groups in total. The number of rotatable bonds is 8. The van der Waals surface area contributed by atoms with Gasteiger partial charge in [0.1, 0.15) is 11.2 Å². The van der Waals surface area contributed by atoms with E-state index in [2.05, 4.69) is 211 Å². The Morgan fingerprint density at radius 1 is 0.279 bits per heavy atom. The summed E-state index contributed by atoms with van der Waals surface area (Å²) < 4.78 is 9.06. The molecule has 3 aromatic heterocycles. The lowest BCUT2D eigenvalue weighted by molar-refractivity contribution is 0.669. The van der Waals surface area contributed by atoms with Crippen molar-refractivity contribution in [2.75, 3.05) is 0 Å². The van der Waals surface area contributed by atoms with Gasteiger partial charge in [-0.2, -0.15) is 0 Å². The van der Waals surface area contributed by atoms with E-state index in [1.165, 1.54) is 5.39 Å². The molecule has 0 saturated carbocycles. The van der Waals surface area contributed by atoms with Crippen LogP contribution in [-0.2, 0) is 0 Å². The minimum Gasteiger partial charge on any atom is -0.456 e. The first kappa shape index (κ1) is 39.2. The molecule has 0 aliphatic carbocycles. The van der Waals surface area contributed by atoms with Gasteiger partial charge in [-0.25, -0.2) is 15.0 Å². The Hall–Kier alpha value is -9.19. The van der Waals surface area contributed by atoms with Crippen molar-refractivity contribution in [3.8, 4) is 84.4 Å². The van der Waals surface area contributed by atoms with Gasteiger partial charge in [-0.1, -0.05) is 194 Å². The Balaban J connectivity index is 1.08. The predicted octanol–water partition coefficient (Wildman–Crippen LogP) is 16.5. The zero-order chi connectivity index (χ0) is 45.0. The van der Waals surface area contributed by atoms with Gasteiger partial charge in [0, 0.05) is 43.9 Å². The third-order valence-corrected chi connectivity index (χ3v) is 13.1. The largest absolute Gasteiger partial charge is 0.456 e. The van der Waals surface area contributed by atoms with Crippen molar-refractivity contribution in [1.82, 2.24) is 19.5 Å². The minimum atomic E-state index is 0.583.